The molecule has 108 valence electrons. The van der Waals surface area contributed by atoms with Crippen LogP contribution in [0.15, 0.2) is 58.5 Å². The van der Waals surface area contributed by atoms with E-state index in [1.54, 1.807) is 11.8 Å². The number of rotatable bonds is 5. The molecule has 2 aromatic carbocycles. The minimum absolute atomic E-state index is 0.213. The van der Waals surface area contributed by atoms with Gasteiger partial charge in [-0.2, -0.15) is 0 Å². The Morgan fingerprint density at radius 2 is 2.00 bits per heavy atom. The number of benzene rings is 2. The second kappa shape index (κ2) is 6.33. The van der Waals surface area contributed by atoms with Gasteiger partial charge in [0.1, 0.15) is 5.82 Å². The maximum Gasteiger partial charge on any atom is 0.125 e. The van der Waals surface area contributed by atoms with E-state index >= 15 is 0 Å². The zero-order chi connectivity index (χ0) is 14.7. The third-order valence-electron chi connectivity index (χ3n) is 3.44. The van der Waals surface area contributed by atoms with Gasteiger partial charge < -0.3 is 10.3 Å². The second-order valence-corrected chi connectivity index (χ2v) is 5.99. The van der Waals surface area contributed by atoms with Crippen LogP contribution in [-0.4, -0.2) is 18.6 Å². The average molecular weight is 300 g/mol. The Labute approximate surface area is 127 Å². The van der Waals surface area contributed by atoms with E-state index < -0.39 is 0 Å². The third kappa shape index (κ3) is 3.12. The Balaban J connectivity index is 1.91. The van der Waals surface area contributed by atoms with Crippen LogP contribution >= 0.6 is 11.8 Å². The van der Waals surface area contributed by atoms with Gasteiger partial charge >= 0.3 is 0 Å². The number of H-pyrrole nitrogens is 1. The highest BCUT2D eigenvalue weighted by atomic mass is 32.2. The first-order valence-corrected chi connectivity index (χ1v) is 7.76. The summed E-state index contributed by atoms with van der Waals surface area (Å²) < 4.78 is 13.2. The molecule has 4 heteroatoms. The molecular weight excluding hydrogens is 283 g/mol. The zero-order valence-corrected chi connectivity index (χ0v) is 12.6. The summed E-state index contributed by atoms with van der Waals surface area (Å²) >= 11 is 1.73. The number of aromatic amines is 1. The van der Waals surface area contributed by atoms with Gasteiger partial charge in [-0.1, -0.05) is 30.0 Å². The molecular formula is C17H17FN2S. The quantitative estimate of drug-likeness (QED) is 0.738. The van der Waals surface area contributed by atoms with E-state index in [0.29, 0.717) is 0 Å². The maximum absolute atomic E-state index is 13.2. The van der Waals surface area contributed by atoms with Crippen molar-refractivity contribution in [2.24, 2.45) is 0 Å². The van der Waals surface area contributed by atoms with Gasteiger partial charge in [-0.3, -0.25) is 0 Å². The first kappa shape index (κ1) is 14.2. The molecule has 0 amide bonds. The molecule has 0 bridgehead atoms. The monoisotopic (exact) mass is 300 g/mol. The standard InChI is InChI=1S/C17H17FN2S/c1-19-9-8-12-4-2-3-5-16(12)21-17-11-20-15-10-13(18)6-7-14(15)17/h2-7,10-11,19-20H,8-9H2,1H3. The Kier molecular flexibility index (Phi) is 4.27. The van der Waals surface area contributed by atoms with Crippen molar-refractivity contribution in [1.82, 2.24) is 10.3 Å². The van der Waals surface area contributed by atoms with Crippen molar-refractivity contribution in [3.8, 4) is 0 Å². The van der Waals surface area contributed by atoms with Crippen molar-refractivity contribution in [1.29, 1.82) is 0 Å². The van der Waals surface area contributed by atoms with Crippen molar-refractivity contribution in [2.45, 2.75) is 16.2 Å². The van der Waals surface area contributed by atoms with Crippen LogP contribution in [0, 0.1) is 5.82 Å². The molecule has 0 saturated heterocycles. The minimum atomic E-state index is -0.213. The molecule has 21 heavy (non-hydrogen) atoms. The number of halogens is 1. The number of nitrogens with one attached hydrogen (secondary N) is 2. The van der Waals surface area contributed by atoms with E-state index in [-0.39, 0.29) is 5.82 Å². The molecule has 0 aliphatic carbocycles. The fourth-order valence-corrected chi connectivity index (χ4v) is 3.43. The summed E-state index contributed by atoms with van der Waals surface area (Å²) in [5.41, 5.74) is 2.17. The van der Waals surface area contributed by atoms with Crippen LogP contribution in [0.3, 0.4) is 0 Å². The van der Waals surface area contributed by atoms with Crippen LogP contribution in [0.1, 0.15) is 5.56 Å². The van der Waals surface area contributed by atoms with E-state index in [4.69, 9.17) is 0 Å². The van der Waals surface area contributed by atoms with Gasteiger partial charge in [0.15, 0.2) is 0 Å². The summed E-state index contributed by atoms with van der Waals surface area (Å²) in [4.78, 5) is 5.51. The molecule has 0 radical (unpaired) electrons. The summed E-state index contributed by atoms with van der Waals surface area (Å²) in [7, 11) is 1.96. The Morgan fingerprint density at radius 1 is 1.14 bits per heavy atom. The molecule has 0 unspecified atom stereocenters. The third-order valence-corrected chi connectivity index (χ3v) is 4.62. The van der Waals surface area contributed by atoms with Gasteiger partial charge in [0.2, 0.25) is 0 Å². The predicted octanol–water partition coefficient (Wildman–Crippen LogP) is 4.22. The van der Waals surface area contributed by atoms with Crippen LogP contribution < -0.4 is 5.32 Å². The van der Waals surface area contributed by atoms with E-state index in [1.807, 2.05) is 19.3 Å². The minimum Gasteiger partial charge on any atom is -0.360 e. The fraction of sp³-hybridized carbons (Fsp3) is 0.176. The topological polar surface area (TPSA) is 27.8 Å². The molecule has 2 N–H and O–H groups in total. The van der Waals surface area contributed by atoms with Gasteiger partial charge in [0.25, 0.3) is 0 Å². The lowest BCUT2D eigenvalue weighted by Crippen LogP contribution is -2.10. The molecule has 1 aromatic heterocycles. The first-order valence-electron chi connectivity index (χ1n) is 6.95. The maximum atomic E-state index is 13.2. The van der Waals surface area contributed by atoms with E-state index in [1.165, 1.54) is 22.6 Å². The van der Waals surface area contributed by atoms with Crippen molar-refractivity contribution in [3.05, 3.63) is 60.0 Å². The highest BCUT2D eigenvalue weighted by Crippen LogP contribution is 2.35. The highest BCUT2D eigenvalue weighted by molar-refractivity contribution is 7.99. The van der Waals surface area contributed by atoms with Crippen molar-refractivity contribution >= 4 is 22.7 Å². The van der Waals surface area contributed by atoms with Crippen LogP contribution in [0.4, 0.5) is 4.39 Å². The Bertz CT molecular complexity index is 751. The van der Waals surface area contributed by atoms with Crippen molar-refractivity contribution in [2.75, 3.05) is 13.6 Å². The number of hydrogen-bond acceptors (Lipinski definition) is 2. The predicted molar refractivity (Wildman–Crippen MR) is 86.5 cm³/mol. The van der Waals surface area contributed by atoms with Gasteiger partial charge in [0.05, 0.1) is 0 Å². The number of aromatic nitrogens is 1. The van der Waals surface area contributed by atoms with Gasteiger partial charge in [-0.25, -0.2) is 4.39 Å². The molecule has 0 aliphatic rings. The fourth-order valence-electron chi connectivity index (χ4n) is 2.34. The van der Waals surface area contributed by atoms with Gasteiger partial charge in [-0.05, 0) is 49.8 Å². The largest absolute Gasteiger partial charge is 0.360 e. The molecule has 0 saturated carbocycles. The van der Waals surface area contributed by atoms with Crippen LogP contribution in [0.25, 0.3) is 10.9 Å². The molecule has 0 fully saturated rings. The van der Waals surface area contributed by atoms with Gasteiger partial charge in [0, 0.05) is 26.9 Å². The van der Waals surface area contributed by atoms with Crippen LogP contribution in [0.2, 0.25) is 0 Å². The van der Waals surface area contributed by atoms with E-state index in [9.17, 15) is 4.39 Å². The molecule has 0 spiro atoms. The number of likely N-dealkylation sites (N-methyl/N-ethyl adjacent to an activating group) is 1. The lowest BCUT2D eigenvalue weighted by Gasteiger charge is -2.08. The lowest BCUT2D eigenvalue weighted by atomic mass is 10.1. The van der Waals surface area contributed by atoms with Gasteiger partial charge in [-0.15, -0.1) is 0 Å². The first-order chi connectivity index (χ1) is 10.3. The van der Waals surface area contributed by atoms with Crippen LogP contribution in [-0.2, 0) is 6.42 Å². The normalized spacial score (nSPS) is 11.1. The highest BCUT2D eigenvalue weighted by Gasteiger charge is 2.09. The Hall–Kier alpha value is -1.78. The van der Waals surface area contributed by atoms with E-state index in [0.717, 1.165) is 28.8 Å². The smallest absolute Gasteiger partial charge is 0.125 e. The molecule has 2 nitrogen and oxygen atoms in total. The van der Waals surface area contributed by atoms with Crippen LogP contribution in [0.5, 0.6) is 0 Å². The summed E-state index contributed by atoms with van der Waals surface area (Å²) in [6, 6.07) is 13.3. The lowest BCUT2D eigenvalue weighted by molar-refractivity contribution is 0.629. The summed E-state index contributed by atoms with van der Waals surface area (Å²) in [6.07, 6.45) is 2.94. The van der Waals surface area contributed by atoms with Crippen molar-refractivity contribution in [3.63, 3.8) is 0 Å². The van der Waals surface area contributed by atoms with Crippen molar-refractivity contribution < 1.29 is 4.39 Å². The number of fused-ring (bicyclic) bond motifs is 1. The summed E-state index contributed by atoms with van der Waals surface area (Å²) in [5, 5.41) is 4.24. The molecule has 0 atom stereocenters. The molecule has 0 aliphatic heterocycles. The summed E-state index contributed by atoms with van der Waals surface area (Å²) in [5.74, 6) is -0.213. The summed E-state index contributed by atoms with van der Waals surface area (Å²) in [6.45, 7) is 0.955. The molecule has 1 heterocycles. The molecule has 3 aromatic rings. The zero-order valence-electron chi connectivity index (χ0n) is 11.8. The number of hydrogen-bond donors (Lipinski definition) is 2. The van der Waals surface area contributed by atoms with E-state index in [2.05, 4.69) is 34.6 Å². The second-order valence-electron chi connectivity index (χ2n) is 4.91. The Morgan fingerprint density at radius 3 is 2.86 bits per heavy atom. The average Bonchev–Trinajstić information content (AvgIpc) is 2.88. The SMILES string of the molecule is CNCCc1ccccc1Sc1c[nH]c2cc(F)ccc12. The molecule has 3 rings (SSSR count).